The molecule has 0 aliphatic rings. The fourth-order valence-corrected chi connectivity index (χ4v) is 0.136. The molecule has 5 heteroatoms. The first-order chi connectivity index (χ1) is 4.77. The van der Waals surface area contributed by atoms with Gasteiger partial charge in [-0.2, -0.15) is 0 Å². The zero-order valence-corrected chi connectivity index (χ0v) is 5.52. The maximum atomic E-state index is 9.37. The SMILES string of the molecule is CCC(=O)O.c1conn1. The molecular formula is C5H8N2O3. The number of carbonyl (C=O) groups is 1. The van der Waals surface area contributed by atoms with Gasteiger partial charge in [0.05, 0.1) is 6.20 Å². The number of aliphatic carboxylic acids is 1. The Morgan fingerprint density at radius 1 is 1.80 bits per heavy atom. The lowest BCUT2D eigenvalue weighted by molar-refractivity contribution is -0.136. The Kier molecular flexibility index (Phi) is 4.94. The van der Waals surface area contributed by atoms with Gasteiger partial charge in [0.1, 0.15) is 6.26 Å². The average molecular weight is 144 g/mol. The first-order valence-electron chi connectivity index (χ1n) is 2.70. The molecule has 0 aromatic carbocycles. The number of aromatic nitrogens is 2. The van der Waals surface area contributed by atoms with Crippen LogP contribution in [0.4, 0.5) is 0 Å². The van der Waals surface area contributed by atoms with Crippen LogP contribution in [0, 0.1) is 0 Å². The number of hydrogen-bond donors (Lipinski definition) is 1. The Balaban J connectivity index is 0.000000162. The first-order valence-corrected chi connectivity index (χ1v) is 2.70. The summed E-state index contributed by atoms with van der Waals surface area (Å²) in [6.45, 7) is 1.60. The van der Waals surface area contributed by atoms with E-state index in [-0.39, 0.29) is 6.42 Å². The van der Waals surface area contributed by atoms with Crippen LogP contribution in [0.1, 0.15) is 13.3 Å². The summed E-state index contributed by atoms with van der Waals surface area (Å²) in [5, 5.41) is 14.1. The minimum Gasteiger partial charge on any atom is -0.481 e. The third kappa shape index (κ3) is 6.61. The standard InChI is InChI=1S/C3H6O2.C2H2N2O/c1-2-3(4)5;1-2-5-4-3-1/h2H2,1H3,(H,4,5);1-2H. The van der Waals surface area contributed by atoms with E-state index in [9.17, 15) is 4.79 Å². The third-order valence-corrected chi connectivity index (χ3v) is 0.585. The monoisotopic (exact) mass is 144 g/mol. The van der Waals surface area contributed by atoms with Crippen molar-refractivity contribution >= 4 is 5.97 Å². The molecule has 10 heavy (non-hydrogen) atoms. The van der Waals surface area contributed by atoms with E-state index in [1.54, 1.807) is 6.92 Å². The molecule has 1 aromatic heterocycles. The van der Waals surface area contributed by atoms with Gasteiger partial charge >= 0.3 is 5.97 Å². The van der Waals surface area contributed by atoms with Crippen molar-refractivity contribution < 1.29 is 14.4 Å². The minimum absolute atomic E-state index is 0.222. The second-order valence-corrected chi connectivity index (χ2v) is 1.33. The van der Waals surface area contributed by atoms with Crippen LogP contribution in [0.15, 0.2) is 17.0 Å². The van der Waals surface area contributed by atoms with Gasteiger partial charge in [-0.15, -0.1) is 5.10 Å². The van der Waals surface area contributed by atoms with Crippen molar-refractivity contribution in [2.45, 2.75) is 13.3 Å². The summed E-state index contributed by atoms with van der Waals surface area (Å²) >= 11 is 0. The van der Waals surface area contributed by atoms with Crippen molar-refractivity contribution in [1.29, 1.82) is 0 Å². The van der Waals surface area contributed by atoms with Crippen LogP contribution in [-0.2, 0) is 4.79 Å². The molecular weight excluding hydrogens is 136 g/mol. The van der Waals surface area contributed by atoms with Gasteiger partial charge in [0, 0.05) is 11.7 Å². The lowest BCUT2D eigenvalue weighted by Crippen LogP contribution is -1.86. The van der Waals surface area contributed by atoms with Crippen molar-refractivity contribution in [3.05, 3.63) is 12.5 Å². The molecule has 1 N–H and O–H groups in total. The van der Waals surface area contributed by atoms with E-state index in [4.69, 9.17) is 5.11 Å². The molecule has 1 aromatic rings. The first kappa shape index (κ1) is 8.61. The molecule has 56 valence electrons. The molecule has 0 atom stereocenters. The molecule has 0 spiro atoms. The topological polar surface area (TPSA) is 76.2 Å². The van der Waals surface area contributed by atoms with Crippen molar-refractivity contribution in [1.82, 2.24) is 10.4 Å². The fourth-order valence-electron chi connectivity index (χ4n) is 0.136. The van der Waals surface area contributed by atoms with Crippen molar-refractivity contribution in [3.63, 3.8) is 0 Å². The zero-order valence-electron chi connectivity index (χ0n) is 5.52. The smallest absolute Gasteiger partial charge is 0.303 e. The highest BCUT2D eigenvalue weighted by Gasteiger charge is 1.80. The molecule has 0 bridgehead atoms. The summed E-state index contributed by atoms with van der Waals surface area (Å²) < 4.78 is 4.22. The van der Waals surface area contributed by atoms with E-state index in [0.29, 0.717) is 0 Å². The molecule has 0 amide bonds. The number of carboxylic acids is 1. The van der Waals surface area contributed by atoms with Crippen LogP contribution >= 0.6 is 0 Å². The summed E-state index contributed by atoms with van der Waals surface area (Å²) in [4.78, 5) is 9.37. The fraction of sp³-hybridized carbons (Fsp3) is 0.400. The van der Waals surface area contributed by atoms with Gasteiger partial charge in [-0.05, 0) is 0 Å². The molecule has 1 rings (SSSR count). The summed E-state index contributed by atoms with van der Waals surface area (Å²) in [7, 11) is 0. The third-order valence-electron chi connectivity index (χ3n) is 0.585. The van der Waals surface area contributed by atoms with Crippen LogP contribution in [0.2, 0.25) is 0 Å². The minimum atomic E-state index is -0.745. The van der Waals surface area contributed by atoms with Crippen molar-refractivity contribution in [2.75, 3.05) is 0 Å². The Morgan fingerprint density at radius 3 is 2.50 bits per heavy atom. The molecule has 5 nitrogen and oxygen atoms in total. The predicted octanol–water partition coefficient (Wildman–Crippen LogP) is 0.551. The summed E-state index contributed by atoms with van der Waals surface area (Å²) in [5.41, 5.74) is 0. The van der Waals surface area contributed by atoms with Gasteiger partial charge in [-0.1, -0.05) is 6.92 Å². The highest BCUT2D eigenvalue weighted by atomic mass is 16.5. The van der Waals surface area contributed by atoms with Crippen molar-refractivity contribution in [2.24, 2.45) is 0 Å². The van der Waals surface area contributed by atoms with Gasteiger partial charge in [0.15, 0.2) is 0 Å². The Labute approximate surface area is 57.6 Å². The largest absolute Gasteiger partial charge is 0.481 e. The van der Waals surface area contributed by atoms with E-state index >= 15 is 0 Å². The van der Waals surface area contributed by atoms with E-state index in [1.165, 1.54) is 12.5 Å². The summed E-state index contributed by atoms with van der Waals surface area (Å²) in [5.74, 6) is -0.745. The van der Waals surface area contributed by atoms with Gasteiger partial charge < -0.3 is 9.63 Å². The van der Waals surface area contributed by atoms with Crippen LogP contribution in [0.25, 0.3) is 0 Å². The maximum Gasteiger partial charge on any atom is 0.303 e. The number of hydrogen-bond acceptors (Lipinski definition) is 4. The molecule has 0 radical (unpaired) electrons. The highest BCUT2D eigenvalue weighted by Crippen LogP contribution is 1.67. The lowest BCUT2D eigenvalue weighted by atomic mass is 10.5. The molecule has 0 saturated heterocycles. The van der Waals surface area contributed by atoms with Crippen LogP contribution < -0.4 is 0 Å². The second kappa shape index (κ2) is 5.74. The zero-order chi connectivity index (χ0) is 7.82. The van der Waals surface area contributed by atoms with Crippen LogP contribution in [0.3, 0.4) is 0 Å². The van der Waals surface area contributed by atoms with E-state index in [0.717, 1.165) is 0 Å². The molecule has 0 fully saturated rings. The molecule has 1 heterocycles. The lowest BCUT2D eigenvalue weighted by Gasteiger charge is -1.71. The van der Waals surface area contributed by atoms with Gasteiger partial charge in [-0.3, -0.25) is 4.79 Å². The summed E-state index contributed by atoms with van der Waals surface area (Å²) in [6, 6.07) is 0. The maximum absolute atomic E-state index is 9.37. The number of rotatable bonds is 1. The van der Waals surface area contributed by atoms with E-state index in [1.807, 2.05) is 0 Å². The number of nitrogens with zero attached hydrogens (tertiary/aromatic N) is 2. The molecule has 0 aliphatic heterocycles. The predicted molar refractivity (Wildman–Crippen MR) is 32.2 cm³/mol. The Bertz CT molecular complexity index is 144. The normalized spacial score (nSPS) is 7.70. The van der Waals surface area contributed by atoms with Crippen LogP contribution in [-0.4, -0.2) is 21.4 Å². The van der Waals surface area contributed by atoms with E-state index in [2.05, 4.69) is 14.9 Å². The van der Waals surface area contributed by atoms with Gasteiger partial charge in [-0.25, -0.2) is 0 Å². The molecule has 0 saturated carbocycles. The Morgan fingerprint density at radius 2 is 2.40 bits per heavy atom. The molecule has 0 unspecified atom stereocenters. The van der Waals surface area contributed by atoms with Crippen LogP contribution in [0.5, 0.6) is 0 Å². The molecule has 0 aliphatic carbocycles. The average Bonchev–Trinajstić information content (AvgIpc) is 2.43. The number of carboxylic acid groups (broad SMARTS) is 1. The van der Waals surface area contributed by atoms with Crippen molar-refractivity contribution in [3.8, 4) is 0 Å². The second-order valence-electron chi connectivity index (χ2n) is 1.33. The van der Waals surface area contributed by atoms with Gasteiger partial charge in [0.2, 0.25) is 0 Å². The summed E-state index contributed by atoms with van der Waals surface area (Å²) in [6.07, 6.45) is 3.10. The quantitative estimate of drug-likeness (QED) is 0.622. The highest BCUT2D eigenvalue weighted by molar-refractivity contribution is 5.66. The van der Waals surface area contributed by atoms with Gasteiger partial charge in [0.25, 0.3) is 0 Å². The van der Waals surface area contributed by atoms with E-state index < -0.39 is 5.97 Å². The Hall–Kier alpha value is -1.39.